The van der Waals surface area contributed by atoms with Crippen LogP contribution in [0.5, 0.6) is 17.2 Å². The van der Waals surface area contributed by atoms with Gasteiger partial charge in [0, 0.05) is 5.56 Å². The van der Waals surface area contributed by atoms with Crippen LogP contribution in [0.3, 0.4) is 0 Å². The molecule has 3 rings (SSSR count). The van der Waals surface area contributed by atoms with Crippen LogP contribution in [-0.2, 0) is 0 Å². The van der Waals surface area contributed by atoms with E-state index in [1.54, 1.807) is 6.08 Å². The van der Waals surface area contributed by atoms with E-state index < -0.39 is 23.2 Å². The zero-order valence-corrected chi connectivity index (χ0v) is 11.2. The summed E-state index contributed by atoms with van der Waals surface area (Å²) in [5.41, 5.74) is 1.57. The third kappa shape index (κ3) is 3.06. The van der Waals surface area contributed by atoms with Gasteiger partial charge in [-0.2, -0.15) is 0 Å². The lowest BCUT2D eigenvalue weighted by Crippen LogP contribution is -1.95. The van der Waals surface area contributed by atoms with Crippen molar-refractivity contribution < 1.29 is 30.0 Å². The Hall–Kier alpha value is -3.28. The van der Waals surface area contributed by atoms with Crippen molar-refractivity contribution in [3.63, 3.8) is 0 Å². The first kappa shape index (κ1) is 15.1. The maximum atomic E-state index is 11.0. The average Bonchev–Trinajstić information content (AvgIpc) is 2.87. The van der Waals surface area contributed by atoms with Gasteiger partial charge in [0.2, 0.25) is 0 Å². The van der Waals surface area contributed by atoms with Gasteiger partial charge in [0.1, 0.15) is 0 Å². The molecule has 0 fully saturated rings. The lowest BCUT2D eigenvalue weighted by Gasteiger charge is -2.01. The molecule has 0 saturated heterocycles. The zero-order chi connectivity index (χ0) is 16.3. The minimum Gasteiger partial charge on any atom is -0.504 e. The molecule has 0 aromatic heterocycles. The largest absolute Gasteiger partial charge is 0.504 e. The van der Waals surface area contributed by atoms with Crippen LogP contribution in [0.2, 0.25) is 0 Å². The van der Waals surface area contributed by atoms with Crippen molar-refractivity contribution >= 4 is 17.8 Å². The number of phenols is 3. The Balaban J connectivity index is 0.000000162. The number of benzene rings is 2. The second-order valence-corrected chi connectivity index (χ2v) is 4.45. The Morgan fingerprint density at radius 1 is 0.909 bits per heavy atom. The van der Waals surface area contributed by atoms with E-state index in [2.05, 4.69) is 0 Å². The monoisotopic (exact) mass is 300 g/mol. The second kappa shape index (κ2) is 6.01. The lowest BCUT2D eigenvalue weighted by atomic mass is 10.1. The summed E-state index contributed by atoms with van der Waals surface area (Å²) in [7, 11) is 0. The lowest BCUT2D eigenvalue weighted by molar-refractivity contribution is 0.0695. The second-order valence-electron chi connectivity index (χ2n) is 4.45. The number of carboxylic acids is 1. The summed E-state index contributed by atoms with van der Waals surface area (Å²) >= 11 is 0. The van der Waals surface area contributed by atoms with Gasteiger partial charge in [0.15, 0.2) is 23.0 Å². The molecule has 0 radical (unpaired) electrons. The van der Waals surface area contributed by atoms with Crippen LogP contribution in [0, 0.1) is 0 Å². The summed E-state index contributed by atoms with van der Waals surface area (Å²) in [4.78, 5) is 21.3. The number of aromatic hydroxyl groups is 3. The maximum absolute atomic E-state index is 11.0. The van der Waals surface area contributed by atoms with Crippen LogP contribution >= 0.6 is 0 Å². The van der Waals surface area contributed by atoms with Crippen molar-refractivity contribution in [1.82, 2.24) is 0 Å². The van der Waals surface area contributed by atoms with Gasteiger partial charge in [-0.05, 0) is 23.8 Å². The van der Waals surface area contributed by atoms with E-state index in [-0.39, 0.29) is 11.3 Å². The number of carboxylic acid groups (broad SMARTS) is 1. The average molecular weight is 300 g/mol. The molecule has 22 heavy (non-hydrogen) atoms. The minimum atomic E-state index is -1.29. The minimum absolute atomic E-state index is 0.121. The maximum Gasteiger partial charge on any atom is 0.335 e. The Labute approximate surface area is 125 Å². The fourth-order valence-corrected chi connectivity index (χ4v) is 1.85. The van der Waals surface area contributed by atoms with Crippen molar-refractivity contribution in [3.05, 3.63) is 59.2 Å². The van der Waals surface area contributed by atoms with Crippen LogP contribution in [-0.4, -0.2) is 32.2 Å². The number of hydrogen-bond acceptors (Lipinski definition) is 5. The highest BCUT2D eigenvalue weighted by atomic mass is 16.4. The van der Waals surface area contributed by atoms with Gasteiger partial charge in [0.05, 0.1) is 5.56 Å². The van der Waals surface area contributed by atoms with Crippen molar-refractivity contribution in [2.75, 3.05) is 0 Å². The Morgan fingerprint density at radius 3 is 2.05 bits per heavy atom. The smallest absolute Gasteiger partial charge is 0.335 e. The van der Waals surface area contributed by atoms with Crippen LogP contribution in [0.4, 0.5) is 0 Å². The van der Waals surface area contributed by atoms with Gasteiger partial charge in [-0.25, -0.2) is 4.79 Å². The van der Waals surface area contributed by atoms with E-state index in [1.807, 2.05) is 30.3 Å². The highest BCUT2D eigenvalue weighted by Gasteiger charge is 2.12. The summed E-state index contributed by atoms with van der Waals surface area (Å²) in [6.07, 6.45) is 3.45. The van der Waals surface area contributed by atoms with Crippen LogP contribution in [0.1, 0.15) is 26.3 Å². The fourth-order valence-electron chi connectivity index (χ4n) is 1.85. The van der Waals surface area contributed by atoms with Gasteiger partial charge >= 0.3 is 5.97 Å². The standard InChI is InChI=1S/C9H6O.C7H6O5/c10-9-6-5-7-3-1-2-4-8(7)9;8-4-1-3(7(11)12)2-5(9)6(4)10/h1-6H;1-2,8-10H,(H,11,12). The number of carbonyl (C=O) groups is 2. The predicted octanol–water partition coefficient (Wildman–Crippen LogP) is 2.40. The number of allylic oxidation sites excluding steroid dienone is 1. The van der Waals surface area contributed by atoms with Gasteiger partial charge in [-0.15, -0.1) is 0 Å². The molecule has 0 saturated carbocycles. The molecule has 2 aromatic carbocycles. The summed E-state index contributed by atoms with van der Waals surface area (Å²) < 4.78 is 0. The van der Waals surface area contributed by atoms with Crippen molar-refractivity contribution in [3.8, 4) is 17.2 Å². The van der Waals surface area contributed by atoms with Crippen molar-refractivity contribution in [2.45, 2.75) is 0 Å². The molecule has 112 valence electrons. The van der Waals surface area contributed by atoms with E-state index in [0.717, 1.165) is 23.3 Å². The normalized spacial score (nSPS) is 11.5. The molecule has 0 unspecified atom stereocenters. The Morgan fingerprint density at radius 2 is 1.50 bits per heavy atom. The summed E-state index contributed by atoms with van der Waals surface area (Å²) in [5, 5.41) is 35.0. The van der Waals surface area contributed by atoms with Crippen LogP contribution in [0.15, 0.2) is 42.5 Å². The molecule has 4 N–H and O–H groups in total. The number of hydrogen-bond donors (Lipinski definition) is 4. The summed E-state index contributed by atoms with van der Waals surface area (Å²) in [6.45, 7) is 0. The third-order valence-electron chi connectivity index (χ3n) is 2.96. The molecule has 2 aromatic rings. The van der Waals surface area contributed by atoms with Gasteiger partial charge < -0.3 is 20.4 Å². The van der Waals surface area contributed by atoms with Gasteiger partial charge in [0.25, 0.3) is 0 Å². The van der Waals surface area contributed by atoms with E-state index in [4.69, 9.17) is 20.4 Å². The molecule has 0 aliphatic heterocycles. The highest BCUT2D eigenvalue weighted by molar-refractivity contribution is 6.13. The topological polar surface area (TPSA) is 115 Å². The number of fused-ring (bicyclic) bond motifs is 1. The molecule has 0 atom stereocenters. The molecule has 0 bridgehead atoms. The van der Waals surface area contributed by atoms with E-state index in [9.17, 15) is 9.59 Å². The summed E-state index contributed by atoms with van der Waals surface area (Å²) in [6, 6.07) is 9.29. The van der Waals surface area contributed by atoms with E-state index >= 15 is 0 Å². The summed E-state index contributed by atoms with van der Waals surface area (Å²) in [5.74, 6) is -3.21. The van der Waals surface area contributed by atoms with Gasteiger partial charge in [-0.3, -0.25) is 4.79 Å². The third-order valence-corrected chi connectivity index (χ3v) is 2.96. The van der Waals surface area contributed by atoms with E-state index in [0.29, 0.717) is 0 Å². The first-order valence-corrected chi connectivity index (χ1v) is 6.20. The zero-order valence-electron chi connectivity index (χ0n) is 11.2. The van der Waals surface area contributed by atoms with Crippen LogP contribution < -0.4 is 0 Å². The van der Waals surface area contributed by atoms with Crippen LogP contribution in [0.25, 0.3) is 6.08 Å². The first-order valence-electron chi connectivity index (χ1n) is 6.20. The van der Waals surface area contributed by atoms with Crippen molar-refractivity contribution in [2.24, 2.45) is 0 Å². The number of phenolic OH excluding ortho intramolecular Hbond substituents is 3. The molecular weight excluding hydrogens is 288 g/mol. The molecule has 0 heterocycles. The predicted molar refractivity (Wildman–Crippen MR) is 78.2 cm³/mol. The number of ketones is 1. The van der Waals surface area contributed by atoms with Crippen molar-refractivity contribution in [1.29, 1.82) is 0 Å². The SMILES string of the molecule is O=C(O)c1cc(O)c(O)c(O)c1.O=C1C=Cc2ccccc21. The molecule has 6 nitrogen and oxygen atoms in total. The number of rotatable bonds is 1. The number of carbonyl (C=O) groups excluding carboxylic acids is 1. The number of aromatic carboxylic acids is 1. The molecule has 6 heteroatoms. The Bertz CT molecular complexity index is 753. The molecule has 0 amide bonds. The highest BCUT2D eigenvalue weighted by Crippen LogP contribution is 2.35. The fraction of sp³-hybridized carbons (Fsp3) is 0. The molecule has 1 aliphatic rings. The molecule has 1 aliphatic carbocycles. The van der Waals surface area contributed by atoms with Gasteiger partial charge in [-0.1, -0.05) is 30.3 Å². The molecule has 0 spiro atoms. The molecular formula is C16H12O6. The quantitative estimate of drug-likeness (QED) is 0.601. The van der Waals surface area contributed by atoms with E-state index in [1.165, 1.54) is 0 Å². The Kier molecular flexibility index (Phi) is 4.13. The first-order chi connectivity index (χ1) is 10.4.